The highest BCUT2D eigenvalue weighted by atomic mass is 16.5. The fraction of sp³-hybridized carbons (Fsp3) is 0.0833. The summed E-state index contributed by atoms with van der Waals surface area (Å²) in [7, 11) is 1.31. The van der Waals surface area contributed by atoms with Crippen molar-refractivity contribution in [1.29, 1.82) is 0 Å². The Hall–Kier alpha value is -2.83. The van der Waals surface area contributed by atoms with E-state index in [9.17, 15) is 19.5 Å². The number of anilines is 1. The van der Waals surface area contributed by atoms with Crippen LogP contribution in [-0.2, 0) is 0 Å². The number of nitrogen functional groups attached to an aromatic ring is 1. The van der Waals surface area contributed by atoms with Crippen molar-refractivity contribution in [3.8, 4) is 11.5 Å². The van der Waals surface area contributed by atoms with Crippen molar-refractivity contribution in [3.05, 3.63) is 27.6 Å². The first-order valence-electron chi connectivity index (χ1n) is 5.22. The van der Waals surface area contributed by atoms with E-state index in [4.69, 9.17) is 14.9 Å². The maximum Gasteiger partial charge on any atom is 0.351 e. The second-order valence-electron chi connectivity index (χ2n) is 4.01. The fourth-order valence-electron chi connectivity index (χ4n) is 2.17. The molecule has 0 radical (unpaired) electrons. The first kappa shape index (κ1) is 11.3. The second kappa shape index (κ2) is 3.35. The zero-order chi connectivity index (χ0) is 13.9. The van der Waals surface area contributed by atoms with Gasteiger partial charge in [0, 0.05) is 6.07 Å². The Kier molecular flexibility index (Phi) is 1.99. The predicted octanol–water partition coefficient (Wildman–Crippen LogP) is 0.468. The molecule has 0 saturated carbocycles. The van der Waals surface area contributed by atoms with Crippen LogP contribution in [0.2, 0.25) is 0 Å². The summed E-state index contributed by atoms with van der Waals surface area (Å²) in [4.78, 5) is 35.3. The molecular formula is C12H7NO6. The number of Topliss-reactive ketones (excluding diaryl/α,β-unsaturated/α-hetero) is 2. The summed E-state index contributed by atoms with van der Waals surface area (Å²) in [5.74, 6) is -2.60. The number of ether oxygens (including phenoxy) is 1. The minimum Gasteiger partial charge on any atom is -0.506 e. The third-order valence-electron chi connectivity index (χ3n) is 3.05. The number of hydrogen-bond acceptors (Lipinski definition) is 7. The van der Waals surface area contributed by atoms with Crippen molar-refractivity contribution in [1.82, 2.24) is 0 Å². The molecule has 2 aromatic rings. The van der Waals surface area contributed by atoms with Gasteiger partial charge < -0.3 is 20.0 Å². The molecule has 1 heterocycles. The van der Waals surface area contributed by atoms with Crippen molar-refractivity contribution < 1.29 is 23.8 Å². The Morgan fingerprint density at radius 1 is 1.21 bits per heavy atom. The average Bonchev–Trinajstić information content (AvgIpc) is 2.36. The van der Waals surface area contributed by atoms with Crippen LogP contribution in [0, 0.1) is 0 Å². The van der Waals surface area contributed by atoms with E-state index in [0.717, 1.165) is 0 Å². The Labute approximate surface area is 105 Å². The number of nitrogens with two attached hydrogens (primary N) is 1. The van der Waals surface area contributed by atoms with Crippen LogP contribution in [0.4, 0.5) is 5.69 Å². The van der Waals surface area contributed by atoms with Gasteiger partial charge in [-0.1, -0.05) is 0 Å². The number of ketones is 2. The number of benzene rings is 1. The van der Waals surface area contributed by atoms with Gasteiger partial charge in [0.15, 0.2) is 5.56 Å². The van der Waals surface area contributed by atoms with E-state index < -0.39 is 28.5 Å². The predicted molar refractivity (Wildman–Crippen MR) is 63.8 cm³/mol. The van der Waals surface area contributed by atoms with Crippen LogP contribution in [0.3, 0.4) is 0 Å². The van der Waals surface area contributed by atoms with Crippen molar-refractivity contribution in [2.45, 2.75) is 0 Å². The van der Waals surface area contributed by atoms with Gasteiger partial charge in [-0.25, -0.2) is 4.79 Å². The molecule has 1 aromatic carbocycles. The molecule has 7 heteroatoms. The van der Waals surface area contributed by atoms with Crippen LogP contribution in [0.15, 0.2) is 15.3 Å². The Balaban J connectivity index is 2.68. The highest BCUT2D eigenvalue weighted by Crippen LogP contribution is 2.41. The van der Waals surface area contributed by atoms with Gasteiger partial charge >= 0.3 is 5.63 Å². The van der Waals surface area contributed by atoms with E-state index in [0.29, 0.717) is 0 Å². The molecule has 0 fully saturated rings. The van der Waals surface area contributed by atoms with Gasteiger partial charge in [-0.2, -0.15) is 0 Å². The van der Waals surface area contributed by atoms with E-state index in [1.165, 1.54) is 13.2 Å². The third-order valence-corrected chi connectivity index (χ3v) is 3.05. The van der Waals surface area contributed by atoms with Gasteiger partial charge in [0.05, 0.1) is 23.7 Å². The topological polar surface area (TPSA) is 120 Å². The molecule has 1 aromatic heterocycles. The molecule has 96 valence electrons. The summed E-state index contributed by atoms with van der Waals surface area (Å²) in [5, 5.41) is 9.87. The van der Waals surface area contributed by atoms with Gasteiger partial charge in [0.25, 0.3) is 0 Å². The number of hydrogen-bond donors (Lipinski definition) is 2. The molecule has 0 unspecified atom stereocenters. The summed E-state index contributed by atoms with van der Waals surface area (Å²) in [6, 6.07) is 1.28. The first-order chi connectivity index (χ1) is 8.97. The van der Waals surface area contributed by atoms with Gasteiger partial charge in [-0.3, -0.25) is 9.59 Å². The van der Waals surface area contributed by atoms with E-state index in [-0.39, 0.29) is 28.0 Å². The Morgan fingerprint density at radius 2 is 1.84 bits per heavy atom. The van der Waals surface area contributed by atoms with Gasteiger partial charge in [0.2, 0.25) is 11.6 Å². The highest BCUT2D eigenvalue weighted by Gasteiger charge is 2.37. The molecule has 7 nitrogen and oxygen atoms in total. The number of fused-ring (bicyclic) bond motifs is 1. The molecule has 0 saturated heterocycles. The molecule has 0 aliphatic heterocycles. The maximum absolute atomic E-state index is 12.0. The number of carbonyl (C=O) groups is 2. The zero-order valence-electron chi connectivity index (χ0n) is 9.64. The second-order valence-corrected chi connectivity index (χ2v) is 4.01. The summed E-state index contributed by atoms with van der Waals surface area (Å²) in [5.41, 5.74) is 3.66. The molecule has 19 heavy (non-hydrogen) atoms. The van der Waals surface area contributed by atoms with Crippen molar-refractivity contribution in [2.75, 3.05) is 12.8 Å². The van der Waals surface area contributed by atoms with Gasteiger partial charge in [-0.05, 0) is 0 Å². The normalized spacial score (nSPS) is 13.3. The lowest BCUT2D eigenvalue weighted by Gasteiger charge is -2.17. The molecule has 0 spiro atoms. The average molecular weight is 261 g/mol. The molecule has 1 aliphatic rings. The Morgan fingerprint density at radius 3 is 2.47 bits per heavy atom. The van der Waals surface area contributed by atoms with Crippen molar-refractivity contribution in [3.63, 3.8) is 0 Å². The lowest BCUT2D eigenvalue weighted by Crippen LogP contribution is -2.27. The van der Waals surface area contributed by atoms with Crippen molar-refractivity contribution >= 4 is 28.2 Å². The van der Waals surface area contributed by atoms with Gasteiger partial charge in [-0.15, -0.1) is 0 Å². The van der Waals surface area contributed by atoms with Gasteiger partial charge in [0.1, 0.15) is 17.1 Å². The number of carbonyl (C=O) groups excluding carboxylic acids is 2. The number of aromatic hydroxyl groups is 1. The minimum atomic E-state index is -1.14. The third kappa shape index (κ3) is 1.18. The summed E-state index contributed by atoms with van der Waals surface area (Å²) in [6.07, 6.45) is 0. The molecule has 3 rings (SSSR count). The van der Waals surface area contributed by atoms with E-state index in [2.05, 4.69) is 0 Å². The van der Waals surface area contributed by atoms with Crippen molar-refractivity contribution in [2.24, 2.45) is 0 Å². The SMILES string of the molecule is COc1cc2oc(=O)c3c(O)c2c(c1N)C(=O)C3=O. The minimum absolute atomic E-state index is 0.0440. The number of rotatable bonds is 1. The standard InChI is InChI=1S/C12H7NO6/c1-18-4-2-3-5-6(8(4)13)10(15)11(16)7(9(5)14)12(17)19-3/h2,14H,13H2,1H3. The fourth-order valence-corrected chi connectivity index (χ4v) is 2.17. The summed E-state index contributed by atoms with van der Waals surface area (Å²) >= 11 is 0. The molecule has 1 aliphatic carbocycles. The lowest BCUT2D eigenvalue weighted by atomic mass is 9.90. The van der Waals surface area contributed by atoms with E-state index in [1.54, 1.807) is 0 Å². The van der Waals surface area contributed by atoms with Crippen LogP contribution >= 0.6 is 0 Å². The van der Waals surface area contributed by atoms with Crippen LogP contribution in [0.25, 0.3) is 11.0 Å². The maximum atomic E-state index is 12.0. The Bertz CT molecular complexity index is 832. The molecule has 2 bridgehead atoms. The van der Waals surface area contributed by atoms with Crippen LogP contribution in [-0.4, -0.2) is 23.8 Å². The first-order valence-corrected chi connectivity index (χ1v) is 5.22. The van der Waals surface area contributed by atoms with Crippen LogP contribution in [0.1, 0.15) is 20.7 Å². The largest absolute Gasteiger partial charge is 0.506 e. The number of methoxy groups -OCH3 is 1. The quantitative estimate of drug-likeness (QED) is 0.434. The van der Waals surface area contributed by atoms with E-state index in [1.807, 2.05) is 0 Å². The molecule has 3 N–H and O–H groups in total. The monoisotopic (exact) mass is 261 g/mol. The molecule has 0 atom stereocenters. The summed E-state index contributed by atoms with van der Waals surface area (Å²) < 4.78 is 9.84. The molecular weight excluding hydrogens is 254 g/mol. The highest BCUT2D eigenvalue weighted by molar-refractivity contribution is 6.54. The lowest BCUT2D eigenvalue weighted by molar-refractivity contribution is 0.0810. The smallest absolute Gasteiger partial charge is 0.351 e. The zero-order valence-corrected chi connectivity index (χ0v) is 9.64. The van der Waals surface area contributed by atoms with Crippen LogP contribution < -0.4 is 16.1 Å². The molecule has 0 amide bonds. The van der Waals surface area contributed by atoms with Crippen LogP contribution in [0.5, 0.6) is 11.5 Å². The van der Waals surface area contributed by atoms with E-state index >= 15 is 0 Å². The summed E-state index contributed by atoms with van der Waals surface area (Å²) in [6.45, 7) is 0.